The van der Waals surface area contributed by atoms with E-state index in [0.29, 0.717) is 0 Å². The summed E-state index contributed by atoms with van der Waals surface area (Å²) in [5.41, 5.74) is -0.964. The van der Waals surface area contributed by atoms with Gasteiger partial charge in [0.1, 0.15) is 0 Å². The van der Waals surface area contributed by atoms with Gasteiger partial charge >= 0.3 is 5.97 Å². The van der Waals surface area contributed by atoms with Gasteiger partial charge < -0.3 is 10.4 Å². The predicted molar refractivity (Wildman–Crippen MR) is 50.4 cm³/mol. The third kappa shape index (κ3) is 1.55. The molecule has 0 saturated carbocycles. The van der Waals surface area contributed by atoms with E-state index in [4.69, 9.17) is 5.11 Å². The molecule has 1 aliphatic heterocycles. The lowest BCUT2D eigenvalue weighted by Gasteiger charge is -2.21. The Hall–Kier alpha value is -2.31. The van der Waals surface area contributed by atoms with E-state index in [0.717, 1.165) is 12.1 Å². The van der Waals surface area contributed by atoms with Crippen LogP contribution in [0.2, 0.25) is 0 Å². The number of halogens is 2. The number of anilines is 1. The monoisotopic (exact) mass is 241 g/mol. The third-order valence-electron chi connectivity index (χ3n) is 2.37. The van der Waals surface area contributed by atoms with E-state index < -0.39 is 40.8 Å². The van der Waals surface area contributed by atoms with Crippen molar-refractivity contribution in [3.05, 3.63) is 29.3 Å². The Labute approximate surface area is 93.0 Å². The molecule has 1 aromatic rings. The molecule has 17 heavy (non-hydrogen) atoms. The number of aliphatic carboxylic acids is 1. The van der Waals surface area contributed by atoms with E-state index in [2.05, 4.69) is 0 Å². The number of benzene rings is 1. The minimum absolute atomic E-state index is 0.226. The summed E-state index contributed by atoms with van der Waals surface area (Å²) in [5, 5.41) is 10.7. The summed E-state index contributed by atoms with van der Waals surface area (Å²) in [6.07, 6.45) is 0. The van der Waals surface area contributed by atoms with Gasteiger partial charge in [-0.3, -0.25) is 14.4 Å². The lowest BCUT2D eigenvalue weighted by molar-refractivity contribution is -0.143. The maximum atomic E-state index is 13.4. The van der Waals surface area contributed by atoms with Gasteiger partial charge in [-0.15, -0.1) is 0 Å². The van der Waals surface area contributed by atoms with Gasteiger partial charge in [-0.1, -0.05) is 0 Å². The van der Waals surface area contributed by atoms with Crippen LogP contribution >= 0.6 is 0 Å². The summed E-state index contributed by atoms with van der Waals surface area (Å²) in [4.78, 5) is 33.6. The minimum Gasteiger partial charge on any atom is -0.480 e. The van der Waals surface area contributed by atoms with Crippen LogP contribution in [-0.4, -0.2) is 22.8 Å². The van der Waals surface area contributed by atoms with Crippen molar-refractivity contribution in [2.45, 2.75) is 0 Å². The van der Waals surface area contributed by atoms with Crippen molar-refractivity contribution >= 4 is 23.3 Å². The number of rotatable bonds is 1. The molecule has 0 bridgehead atoms. The molecule has 0 saturated heterocycles. The van der Waals surface area contributed by atoms with E-state index >= 15 is 0 Å². The number of amides is 1. The lowest BCUT2D eigenvalue weighted by Crippen LogP contribution is -2.41. The zero-order chi connectivity index (χ0) is 12.7. The molecule has 7 heteroatoms. The predicted octanol–water partition coefficient (Wildman–Crippen LogP) is 0.800. The van der Waals surface area contributed by atoms with Gasteiger partial charge in [-0.2, -0.15) is 0 Å². The van der Waals surface area contributed by atoms with Crippen molar-refractivity contribution < 1.29 is 28.3 Å². The van der Waals surface area contributed by atoms with E-state index in [1.165, 1.54) is 0 Å². The second-order valence-electron chi connectivity index (χ2n) is 3.41. The Balaban J connectivity index is 2.64. The molecule has 2 N–H and O–H groups in total. The van der Waals surface area contributed by atoms with Crippen molar-refractivity contribution in [3.8, 4) is 0 Å². The maximum absolute atomic E-state index is 13.4. The zero-order valence-electron chi connectivity index (χ0n) is 8.16. The minimum atomic E-state index is -2.04. The highest BCUT2D eigenvalue weighted by atomic mass is 19.2. The lowest BCUT2D eigenvalue weighted by atomic mass is 9.91. The number of Topliss-reactive ketones (excluding diaryl/α,β-unsaturated/α-hetero) is 1. The van der Waals surface area contributed by atoms with Crippen LogP contribution in [0.5, 0.6) is 0 Å². The number of ketones is 1. The SMILES string of the molecule is O=C(O)C1C(=O)Nc2ccc(F)c(F)c2C1=O. The summed E-state index contributed by atoms with van der Waals surface area (Å²) in [6.45, 7) is 0. The quantitative estimate of drug-likeness (QED) is 0.712. The van der Waals surface area contributed by atoms with E-state index in [1.54, 1.807) is 0 Å². The zero-order valence-corrected chi connectivity index (χ0v) is 8.16. The fourth-order valence-corrected chi connectivity index (χ4v) is 1.59. The molecule has 1 aromatic carbocycles. The average Bonchev–Trinajstić information content (AvgIpc) is 2.22. The van der Waals surface area contributed by atoms with Crippen LogP contribution in [0.3, 0.4) is 0 Å². The number of fused-ring (bicyclic) bond motifs is 1. The Morgan fingerprint density at radius 3 is 2.53 bits per heavy atom. The summed E-state index contributed by atoms with van der Waals surface area (Å²) in [5.74, 6) is -8.81. The number of nitrogens with one attached hydrogen (secondary N) is 1. The van der Waals surface area contributed by atoms with Gasteiger partial charge in [0.15, 0.2) is 23.3 Å². The smallest absolute Gasteiger partial charge is 0.324 e. The molecule has 0 aliphatic carbocycles. The van der Waals surface area contributed by atoms with Crippen LogP contribution in [0.25, 0.3) is 0 Å². The highest BCUT2D eigenvalue weighted by Gasteiger charge is 2.41. The number of carbonyl (C=O) groups is 3. The van der Waals surface area contributed by atoms with Gasteiger partial charge in [0, 0.05) is 0 Å². The second-order valence-corrected chi connectivity index (χ2v) is 3.41. The Morgan fingerprint density at radius 1 is 1.29 bits per heavy atom. The van der Waals surface area contributed by atoms with Crippen molar-refractivity contribution in [1.82, 2.24) is 0 Å². The number of hydrogen-bond acceptors (Lipinski definition) is 3. The van der Waals surface area contributed by atoms with Crippen LogP contribution in [0.4, 0.5) is 14.5 Å². The Kier molecular flexibility index (Phi) is 2.38. The fraction of sp³-hybridized carbons (Fsp3) is 0.100. The molecular weight excluding hydrogens is 236 g/mol. The van der Waals surface area contributed by atoms with Gasteiger partial charge in [-0.25, -0.2) is 8.78 Å². The first-order valence-electron chi connectivity index (χ1n) is 4.49. The van der Waals surface area contributed by atoms with Crippen molar-refractivity contribution in [1.29, 1.82) is 0 Å². The molecule has 0 fully saturated rings. The molecule has 0 spiro atoms. The number of carbonyl (C=O) groups excluding carboxylic acids is 2. The Bertz CT molecular complexity index is 555. The number of carboxylic acid groups (broad SMARTS) is 1. The molecule has 0 aromatic heterocycles. The molecule has 1 amide bonds. The number of hydrogen-bond donors (Lipinski definition) is 2. The van der Waals surface area contributed by atoms with Crippen molar-refractivity contribution in [2.75, 3.05) is 5.32 Å². The first kappa shape index (κ1) is 11.2. The fourth-order valence-electron chi connectivity index (χ4n) is 1.59. The van der Waals surface area contributed by atoms with Gasteiger partial charge in [-0.05, 0) is 12.1 Å². The van der Waals surface area contributed by atoms with Gasteiger partial charge in [0.25, 0.3) is 0 Å². The maximum Gasteiger partial charge on any atom is 0.324 e. The molecule has 88 valence electrons. The van der Waals surface area contributed by atoms with Crippen molar-refractivity contribution in [3.63, 3.8) is 0 Å². The molecule has 1 aliphatic rings. The molecular formula is C10H5F2NO4. The van der Waals surface area contributed by atoms with Crippen LogP contribution in [0, 0.1) is 17.6 Å². The summed E-state index contributed by atoms with van der Waals surface area (Å²) in [6, 6.07) is 1.74. The first-order chi connectivity index (χ1) is 7.93. The van der Waals surface area contributed by atoms with Crippen LogP contribution in [0.1, 0.15) is 10.4 Å². The standard InChI is InChI=1S/C10H5F2NO4/c11-3-1-2-4-5(7(3)12)8(14)6(10(16)17)9(15)13-4/h1-2,6H,(H,13,15)(H,16,17). The Morgan fingerprint density at radius 2 is 1.94 bits per heavy atom. The number of carboxylic acids is 1. The van der Waals surface area contributed by atoms with Gasteiger partial charge in [0.2, 0.25) is 5.91 Å². The third-order valence-corrected chi connectivity index (χ3v) is 2.37. The molecule has 0 radical (unpaired) electrons. The second kappa shape index (κ2) is 3.62. The van der Waals surface area contributed by atoms with Crippen LogP contribution < -0.4 is 5.32 Å². The molecule has 2 rings (SSSR count). The highest BCUT2D eigenvalue weighted by molar-refractivity contribution is 6.29. The molecule has 1 unspecified atom stereocenters. The van der Waals surface area contributed by atoms with Crippen molar-refractivity contribution in [2.24, 2.45) is 5.92 Å². The average molecular weight is 241 g/mol. The molecule has 1 atom stereocenters. The van der Waals surface area contributed by atoms with Crippen LogP contribution in [-0.2, 0) is 9.59 Å². The van der Waals surface area contributed by atoms with E-state index in [-0.39, 0.29) is 5.69 Å². The first-order valence-corrected chi connectivity index (χ1v) is 4.49. The molecule has 1 heterocycles. The topological polar surface area (TPSA) is 83.5 Å². The summed E-state index contributed by atoms with van der Waals surface area (Å²) in [7, 11) is 0. The summed E-state index contributed by atoms with van der Waals surface area (Å²) >= 11 is 0. The van der Waals surface area contributed by atoms with Crippen LogP contribution in [0.15, 0.2) is 12.1 Å². The normalized spacial score (nSPS) is 18.6. The largest absolute Gasteiger partial charge is 0.480 e. The summed E-state index contributed by atoms with van der Waals surface area (Å²) < 4.78 is 26.3. The molecule has 5 nitrogen and oxygen atoms in total. The highest BCUT2D eigenvalue weighted by Crippen LogP contribution is 2.29. The van der Waals surface area contributed by atoms with Gasteiger partial charge in [0.05, 0.1) is 11.3 Å². The van der Waals surface area contributed by atoms with E-state index in [1.807, 2.05) is 5.32 Å². The van der Waals surface area contributed by atoms with E-state index in [9.17, 15) is 23.2 Å².